The predicted molar refractivity (Wildman–Crippen MR) is 49.2 cm³/mol. The molecular formula is C8H16N2O4Pt. The number of hydrogen-bond acceptors (Lipinski definition) is 5. The Bertz CT molecular complexity index is 227. The summed E-state index contributed by atoms with van der Waals surface area (Å²) in [5.74, 6) is -2.99. The van der Waals surface area contributed by atoms with Gasteiger partial charge in [-0.2, -0.15) is 0 Å². The molecule has 5 N–H and O–H groups in total. The number of aliphatic carboxylic acids is 1. The SMILES string of the molecule is CC(C)(N)CCC(N)OC(=O)C(=O)O.[Pt]. The molecule has 0 spiro atoms. The molecule has 6 nitrogen and oxygen atoms in total. The molecule has 92 valence electrons. The van der Waals surface area contributed by atoms with Crippen LogP contribution in [0.3, 0.4) is 0 Å². The van der Waals surface area contributed by atoms with E-state index in [2.05, 4.69) is 4.74 Å². The second-order valence-corrected chi connectivity index (χ2v) is 3.78. The minimum Gasteiger partial charge on any atom is -0.473 e. The maximum Gasteiger partial charge on any atom is 0.418 e. The van der Waals surface area contributed by atoms with Crippen molar-refractivity contribution in [2.24, 2.45) is 11.5 Å². The molecule has 0 saturated carbocycles. The monoisotopic (exact) mass is 399 g/mol. The molecule has 0 radical (unpaired) electrons. The predicted octanol–water partition coefficient (Wildman–Crippen LogP) is -0.586. The van der Waals surface area contributed by atoms with E-state index >= 15 is 0 Å². The van der Waals surface area contributed by atoms with Gasteiger partial charge in [-0.25, -0.2) is 9.59 Å². The Hall–Kier alpha value is -0.452. The number of ether oxygens (including phenoxy) is 1. The fraction of sp³-hybridized carbons (Fsp3) is 0.750. The van der Waals surface area contributed by atoms with E-state index in [0.29, 0.717) is 12.8 Å². The minimum atomic E-state index is -1.65. The maximum absolute atomic E-state index is 10.5. The average Bonchev–Trinajstić information content (AvgIpc) is 1.99. The summed E-state index contributed by atoms with van der Waals surface area (Å²) in [5.41, 5.74) is 10.6. The van der Waals surface area contributed by atoms with Crippen molar-refractivity contribution in [3.8, 4) is 0 Å². The molecule has 0 aromatic heterocycles. The van der Waals surface area contributed by atoms with Crippen LogP contribution in [0.15, 0.2) is 0 Å². The van der Waals surface area contributed by atoms with Crippen molar-refractivity contribution in [2.45, 2.75) is 38.5 Å². The van der Waals surface area contributed by atoms with Gasteiger partial charge in [-0.1, -0.05) is 0 Å². The zero-order valence-electron chi connectivity index (χ0n) is 8.63. The summed E-state index contributed by atoms with van der Waals surface area (Å²) in [7, 11) is 0. The van der Waals surface area contributed by atoms with E-state index in [9.17, 15) is 9.59 Å². The van der Waals surface area contributed by atoms with Gasteiger partial charge in [0, 0.05) is 26.6 Å². The molecule has 1 unspecified atom stereocenters. The van der Waals surface area contributed by atoms with E-state index in [4.69, 9.17) is 16.6 Å². The Morgan fingerprint density at radius 3 is 2.27 bits per heavy atom. The van der Waals surface area contributed by atoms with E-state index in [0.717, 1.165) is 0 Å². The number of carbonyl (C=O) groups excluding carboxylic acids is 1. The fourth-order valence-electron chi connectivity index (χ4n) is 0.761. The molecule has 1 atom stereocenters. The van der Waals surface area contributed by atoms with Crippen LogP contribution in [0.5, 0.6) is 0 Å². The Morgan fingerprint density at radius 2 is 1.93 bits per heavy atom. The first-order chi connectivity index (χ1) is 6.22. The third kappa shape index (κ3) is 9.84. The molecule has 0 aliphatic heterocycles. The van der Waals surface area contributed by atoms with Gasteiger partial charge in [0.1, 0.15) is 0 Å². The summed E-state index contributed by atoms with van der Waals surface area (Å²) in [5, 5.41) is 8.20. The van der Waals surface area contributed by atoms with Crippen LogP contribution in [-0.2, 0) is 35.4 Å². The van der Waals surface area contributed by atoms with Crippen molar-refractivity contribution in [1.82, 2.24) is 0 Å². The summed E-state index contributed by atoms with van der Waals surface area (Å²) < 4.78 is 4.39. The molecule has 0 amide bonds. The largest absolute Gasteiger partial charge is 0.473 e. The summed E-state index contributed by atoms with van der Waals surface area (Å²) in [6.07, 6.45) is -0.0368. The topological polar surface area (TPSA) is 116 Å². The quantitative estimate of drug-likeness (QED) is 0.331. The van der Waals surface area contributed by atoms with Gasteiger partial charge in [-0.3, -0.25) is 5.73 Å². The zero-order chi connectivity index (χ0) is 11.4. The Balaban J connectivity index is 0. The first kappa shape index (κ1) is 17.0. The molecule has 7 heteroatoms. The number of carboxylic acids is 1. The Kier molecular flexibility index (Phi) is 7.83. The van der Waals surface area contributed by atoms with Crippen LogP contribution in [0.2, 0.25) is 0 Å². The Labute approximate surface area is 103 Å². The third-order valence-electron chi connectivity index (χ3n) is 1.51. The molecule has 0 heterocycles. The van der Waals surface area contributed by atoms with Gasteiger partial charge in [-0.05, 0) is 26.7 Å². The minimum absolute atomic E-state index is 0. The third-order valence-corrected chi connectivity index (χ3v) is 1.51. The number of hydrogen-bond donors (Lipinski definition) is 3. The van der Waals surface area contributed by atoms with Gasteiger partial charge in [-0.15, -0.1) is 0 Å². The first-order valence-electron chi connectivity index (χ1n) is 4.21. The van der Waals surface area contributed by atoms with Gasteiger partial charge in [0.15, 0.2) is 6.23 Å². The fourth-order valence-corrected chi connectivity index (χ4v) is 0.761. The van der Waals surface area contributed by atoms with Crippen molar-refractivity contribution >= 4 is 11.9 Å². The standard InChI is InChI=1S/C8H16N2O4.Pt/c1-8(2,10)4-3-5(9)14-7(13)6(11)12;/h5H,3-4,9-10H2,1-2H3,(H,11,12);. The van der Waals surface area contributed by atoms with Crippen molar-refractivity contribution in [2.75, 3.05) is 0 Å². The normalized spacial score (nSPS) is 12.5. The van der Waals surface area contributed by atoms with Gasteiger partial charge in [0.05, 0.1) is 0 Å². The number of nitrogens with two attached hydrogens (primary N) is 2. The van der Waals surface area contributed by atoms with Crippen LogP contribution in [0, 0.1) is 0 Å². The first-order valence-corrected chi connectivity index (χ1v) is 4.21. The molecule has 15 heavy (non-hydrogen) atoms. The summed E-state index contributed by atoms with van der Waals surface area (Å²) >= 11 is 0. The van der Waals surface area contributed by atoms with E-state index in [1.165, 1.54) is 0 Å². The van der Waals surface area contributed by atoms with Crippen LogP contribution in [-0.4, -0.2) is 28.8 Å². The second-order valence-electron chi connectivity index (χ2n) is 3.78. The zero-order valence-corrected chi connectivity index (χ0v) is 10.9. The maximum atomic E-state index is 10.5. The van der Waals surface area contributed by atoms with Crippen LogP contribution in [0.4, 0.5) is 0 Å². The van der Waals surface area contributed by atoms with Gasteiger partial charge in [0.2, 0.25) is 0 Å². The molecule has 0 saturated heterocycles. The molecule has 0 fully saturated rings. The molecule has 0 rings (SSSR count). The number of carboxylic acid groups (broad SMARTS) is 1. The number of carbonyl (C=O) groups is 2. The van der Waals surface area contributed by atoms with Gasteiger partial charge < -0.3 is 15.6 Å². The van der Waals surface area contributed by atoms with E-state index in [1.54, 1.807) is 13.8 Å². The Morgan fingerprint density at radius 1 is 1.47 bits per heavy atom. The van der Waals surface area contributed by atoms with Gasteiger partial charge >= 0.3 is 11.9 Å². The summed E-state index contributed by atoms with van der Waals surface area (Å²) in [6, 6.07) is 0. The van der Waals surface area contributed by atoms with E-state index in [-0.39, 0.29) is 21.1 Å². The van der Waals surface area contributed by atoms with Crippen molar-refractivity contribution in [1.29, 1.82) is 0 Å². The molecule has 0 aromatic rings. The molecular weight excluding hydrogens is 383 g/mol. The van der Waals surface area contributed by atoms with Gasteiger partial charge in [0.25, 0.3) is 0 Å². The number of rotatable bonds is 4. The van der Waals surface area contributed by atoms with E-state index in [1.807, 2.05) is 0 Å². The summed E-state index contributed by atoms with van der Waals surface area (Å²) in [6.45, 7) is 3.61. The summed E-state index contributed by atoms with van der Waals surface area (Å²) in [4.78, 5) is 20.6. The van der Waals surface area contributed by atoms with Crippen LogP contribution >= 0.6 is 0 Å². The number of esters is 1. The van der Waals surface area contributed by atoms with Crippen molar-refractivity contribution in [3.05, 3.63) is 0 Å². The second kappa shape index (κ2) is 6.93. The molecule has 0 bridgehead atoms. The molecule has 0 aliphatic rings. The smallest absolute Gasteiger partial charge is 0.418 e. The van der Waals surface area contributed by atoms with Crippen LogP contribution < -0.4 is 11.5 Å². The average molecular weight is 399 g/mol. The van der Waals surface area contributed by atoms with Crippen LogP contribution in [0.25, 0.3) is 0 Å². The van der Waals surface area contributed by atoms with Crippen LogP contribution in [0.1, 0.15) is 26.7 Å². The molecule has 0 aromatic carbocycles. The van der Waals surface area contributed by atoms with E-state index < -0.39 is 23.7 Å². The molecule has 0 aliphatic carbocycles. The van der Waals surface area contributed by atoms with Crippen molar-refractivity contribution < 1.29 is 40.5 Å². The van der Waals surface area contributed by atoms with Crippen molar-refractivity contribution in [3.63, 3.8) is 0 Å².